The van der Waals surface area contributed by atoms with Crippen molar-refractivity contribution in [1.82, 2.24) is 10.6 Å². The molecule has 3 heteroatoms. The quantitative estimate of drug-likeness (QED) is 0.488. The molecule has 2 unspecified atom stereocenters. The fourth-order valence-electron chi connectivity index (χ4n) is 0.862. The zero-order chi connectivity index (χ0) is 9.40. The third kappa shape index (κ3) is 7.98. The van der Waals surface area contributed by atoms with Crippen LogP contribution in [-0.4, -0.2) is 36.9 Å². The van der Waals surface area contributed by atoms with Gasteiger partial charge in [0.25, 0.3) is 0 Å². The van der Waals surface area contributed by atoms with Crippen molar-refractivity contribution in [2.75, 3.05) is 19.6 Å². The Kier molecular flexibility index (Phi) is 7.45. The van der Waals surface area contributed by atoms with E-state index in [1.165, 1.54) is 0 Å². The minimum absolute atomic E-state index is 0.242. The summed E-state index contributed by atoms with van der Waals surface area (Å²) in [6.07, 6.45) is 0.921. The SMILES string of the molecule is CCC(C)NCCNCC(C)O. The van der Waals surface area contributed by atoms with Crippen molar-refractivity contribution in [3.05, 3.63) is 0 Å². The molecule has 0 radical (unpaired) electrons. The average molecular weight is 174 g/mol. The molecule has 2 atom stereocenters. The molecule has 0 bridgehead atoms. The summed E-state index contributed by atoms with van der Waals surface area (Å²) < 4.78 is 0. The smallest absolute Gasteiger partial charge is 0.0636 e. The highest BCUT2D eigenvalue weighted by molar-refractivity contribution is 4.60. The summed E-state index contributed by atoms with van der Waals surface area (Å²) in [5.41, 5.74) is 0. The van der Waals surface area contributed by atoms with Crippen molar-refractivity contribution in [3.8, 4) is 0 Å². The summed E-state index contributed by atoms with van der Waals surface area (Å²) in [6.45, 7) is 8.71. The zero-order valence-electron chi connectivity index (χ0n) is 8.43. The van der Waals surface area contributed by atoms with E-state index in [2.05, 4.69) is 24.5 Å². The fraction of sp³-hybridized carbons (Fsp3) is 1.00. The Bertz CT molecular complexity index is 96.5. The number of aliphatic hydroxyl groups is 1. The van der Waals surface area contributed by atoms with Crippen LogP contribution in [0.4, 0.5) is 0 Å². The van der Waals surface area contributed by atoms with Crippen molar-refractivity contribution in [2.45, 2.75) is 39.3 Å². The van der Waals surface area contributed by atoms with Crippen LogP contribution in [-0.2, 0) is 0 Å². The van der Waals surface area contributed by atoms with Gasteiger partial charge in [-0.1, -0.05) is 6.92 Å². The van der Waals surface area contributed by atoms with Crippen molar-refractivity contribution in [1.29, 1.82) is 0 Å². The van der Waals surface area contributed by atoms with Gasteiger partial charge in [-0.2, -0.15) is 0 Å². The van der Waals surface area contributed by atoms with Gasteiger partial charge in [-0.3, -0.25) is 0 Å². The minimum Gasteiger partial charge on any atom is -0.392 e. The third-order valence-corrected chi connectivity index (χ3v) is 1.85. The van der Waals surface area contributed by atoms with Crippen LogP contribution in [0.25, 0.3) is 0 Å². The van der Waals surface area contributed by atoms with Crippen LogP contribution in [0, 0.1) is 0 Å². The standard InChI is InChI=1S/C9H22N2O/c1-4-8(2)11-6-5-10-7-9(3)12/h8-12H,4-7H2,1-3H3. The molecular formula is C9H22N2O. The summed E-state index contributed by atoms with van der Waals surface area (Å²) >= 11 is 0. The van der Waals surface area contributed by atoms with Crippen LogP contribution >= 0.6 is 0 Å². The molecule has 12 heavy (non-hydrogen) atoms. The lowest BCUT2D eigenvalue weighted by Gasteiger charge is -2.12. The highest BCUT2D eigenvalue weighted by atomic mass is 16.3. The first kappa shape index (κ1) is 11.9. The molecule has 0 rings (SSSR count). The lowest BCUT2D eigenvalue weighted by atomic mass is 10.2. The predicted molar refractivity (Wildman–Crippen MR) is 52.3 cm³/mol. The maximum Gasteiger partial charge on any atom is 0.0636 e. The van der Waals surface area contributed by atoms with Crippen molar-refractivity contribution in [2.24, 2.45) is 0 Å². The first-order valence-corrected chi connectivity index (χ1v) is 4.79. The zero-order valence-corrected chi connectivity index (χ0v) is 8.43. The number of aliphatic hydroxyl groups excluding tert-OH is 1. The third-order valence-electron chi connectivity index (χ3n) is 1.85. The van der Waals surface area contributed by atoms with Gasteiger partial charge in [0.1, 0.15) is 0 Å². The van der Waals surface area contributed by atoms with Crippen LogP contribution in [0.15, 0.2) is 0 Å². The van der Waals surface area contributed by atoms with E-state index >= 15 is 0 Å². The number of hydrogen-bond donors (Lipinski definition) is 3. The van der Waals surface area contributed by atoms with E-state index in [0.29, 0.717) is 12.6 Å². The Hall–Kier alpha value is -0.120. The molecule has 0 aromatic rings. The summed E-state index contributed by atoms with van der Waals surface area (Å²) in [5.74, 6) is 0. The van der Waals surface area contributed by atoms with Crippen LogP contribution in [0.3, 0.4) is 0 Å². The molecule has 0 aliphatic heterocycles. The summed E-state index contributed by atoms with van der Waals surface area (Å²) in [5, 5.41) is 15.4. The summed E-state index contributed by atoms with van der Waals surface area (Å²) in [7, 11) is 0. The molecule has 0 aliphatic carbocycles. The first-order chi connectivity index (χ1) is 5.66. The Morgan fingerprint density at radius 2 is 1.92 bits per heavy atom. The molecule has 0 saturated carbocycles. The van der Waals surface area contributed by atoms with Gasteiger partial charge in [-0.15, -0.1) is 0 Å². The van der Waals surface area contributed by atoms with Crippen LogP contribution < -0.4 is 10.6 Å². The summed E-state index contributed by atoms with van der Waals surface area (Å²) in [6, 6.07) is 0.596. The number of hydrogen-bond acceptors (Lipinski definition) is 3. The molecule has 0 heterocycles. The Morgan fingerprint density at radius 3 is 2.42 bits per heavy atom. The van der Waals surface area contributed by atoms with Crippen LogP contribution in [0.1, 0.15) is 27.2 Å². The highest BCUT2D eigenvalue weighted by Gasteiger charge is 1.96. The molecule has 0 aliphatic rings. The van der Waals surface area contributed by atoms with E-state index in [9.17, 15) is 0 Å². The first-order valence-electron chi connectivity index (χ1n) is 4.79. The minimum atomic E-state index is -0.242. The van der Waals surface area contributed by atoms with Gasteiger partial charge in [0.2, 0.25) is 0 Å². The van der Waals surface area contributed by atoms with E-state index in [0.717, 1.165) is 19.5 Å². The molecule has 0 saturated heterocycles. The maximum atomic E-state index is 8.92. The van der Waals surface area contributed by atoms with Gasteiger partial charge in [-0.25, -0.2) is 0 Å². The molecular weight excluding hydrogens is 152 g/mol. The van der Waals surface area contributed by atoms with Gasteiger partial charge in [0.15, 0.2) is 0 Å². The van der Waals surface area contributed by atoms with E-state index in [-0.39, 0.29) is 6.10 Å². The predicted octanol–water partition coefficient (Wildman–Crippen LogP) is 0.345. The van der Waals surface area contributed by atoms with Gasteiger partial charge in [-0.05, 0) is 20.3 Å². The Labute approximate surface area is 75.6 Å². The number of nitrogens with one attached hydrogen (secondary N) is 2. The normalized spacial score (nSPS) is 16.0. The molecule has 74 valence electrons. The monoisotopic (exact) mass is 174 g/mol. The van der Waals surface area contributed by atoms with Crippen LogP contribution in [0.5, 0.6) is 0 Å². The summed E-state index contributed by atoms with van der Waals surface area (Å²) in [4.78, 5) is 0. The fourth-order valence-corrected chi connectivity index (χ4v) is 0.862. The van der Waals surface area contributed by atoms with Crippen molar-refractivity contribution in [3.63, 3.8) is 0 Å². The van der Waals surface area contributed by atoms with Crippen LogP contribution in [0.2, 0.25) is 0 Å². The highest BCUT2D eigenvalue weighted by Crippen LogP contribution is 1.85. The topological polar surface area (TPSA) is 44.3 Å². The van der Waals surface area contributed by atoms with Gasteiger partial charge < -0.3 is 15.7 Å². The van der Waals surface area contributed by atoms with Crippen molar-refractivity contribution >= 4 is 0 Å². The molecule has 0 aromatic heterocycles. The van der Waals surface area contributed by atoms with E-state index in [1.54, 1.807) is 6.92 Å². The molecule has 0 spiro atoms. The molecule has 0 fully saturated rings. The number of rotatable bonds is 7. The maximum absolute atomic E-state index is 8.92. The van der Waals surface area contributed by atoms with Crippen molar-refractivity contribution < 1.29 is 5.11 Å². The average Bonchev–Trinajstić information content (AvgIpc) is 2.03. The Morgan fingerprint density at radius 1 is 1.25 bits per heavy atom. The van der Waals surface area contributed by atoms with E-state index in [1.807, 2.05) is 0 Å². The second-order valence-corrected chi connectivity index (χ2v) is 3.32. The molecule has 3 N–H and O–H groups in total. The second kappa shape index (κ2) is 7.53. The second-order valence-electron chi connectivity index (χ2n) is 3.32. The van der Waals surface area contributed by atoms with Gasteiger partial charge in [0.05, 0.1) is 6.10 Å². The lowest BCUT2D eigenvalue weighted by molar-refractivity contribution is 0.191. The van der Waals surface area contributed by atoms with Gasteiger partial charge >= 0.3 is 0 Å². The van der Waals surface area contributed by atoms with E-state index < -0.39 is 0 Å². The molecule has 0 amide bonds. The lowest BCUT2D eigenvalue weighted by Crippen LogP contribution is -2.35. The molecule has 3 nitrogen and oxygen atoms in total. The molecule has 0 aromatic carbocycles. The van der Waals surface area contributed by atoms with E-state index in [4.69, 9.17) is 5.11 Å². The van der Waals surface area contributed by atoms with Gasteiger partial charge in [0, 0.05) is 25.7 Å². The largest absolute Gasteiger partial charge is 0.392 e. The Balaban J connectivity index is 3.00.